The highest BCUT2D eigenvalue weighted by Gasteiger charge is 2.06. The van der Waals surface area contributed by atoms with E-state index in [0.29, 0.717) is 12.5 Å². The smallest absolute Gasteiger partial charge is 0.330 e. The zero-order valence-electron chi connectivity index (χ0n) is 14.0. The lowest BCUT2D eigenvalue weighted by Crippen LogP contribution is -2.11. The first-order chi connectivity index (χ1) is 10.7. The van der Waals surface area contributed by atoms with Gasteiger partial charge in [0, 0.05) is 6.08 Å². The van der Waals surface area contributed by atoms with Crippen molar-refractivity contribution in [2.45, 2.75) is 46.5 Å². The first kappa shape index (κ1) is 18.3. The summed E-state index contributed by atoms with van der Waals surface area (Å²) in [5, 5.41) is 0. The number of hydrogen-bond donors (Lipinski definition) is 0. The Morgan fingerprint density at radius 2 is 1.91 bits per heavy atom. The minimum Gasteiger partial charge on any atom is -0.493 e. The van der Waals surface area contributed by atoms with Crippen molar-refractivity contribution in [1.29, 1.82) is 0 Å². The van der Waals surface area contributed by atoms with Gasteiger partial charge in [-0.05, 0) is 43.0 Å². The molecule has 0 radical (unpaired) electrons. The molecule has 0 spiro atoms. The van der Waals surface area contributed by atoms with Crippen molar-refractivity contribution in [3.63, 3.8) is 0 Å². The van der Waals surface area contributed by atoms with Gasteiger partial charge >= 0.3 is 5.97 Å². The van der Waals surface area contributed by atoms with Crippen LogP contribution in [0.4, 0.5) is 0 Å². The van der Waals surface area contributed by atoms with Crippen molar-refractivity contribution in [2.75, 3.05) is 13.2 Å². The van der Waals surface area contributed by atoms with Crippen LogP contribution in [0.2, 0.25) is 0 Å². The number of carbonyl (C=O) groups is 1. The standard InChI is InChI=1S/C19H28O3/c1-4-7-8-16(5-2)15-22-18-12-9-17(10-13-18)11-14-19(20)21-6-3/h9-14,16H,4-8,15H2,1-3H3. The van der Waals surface area contributed by atoms with Crippen molar-refractivity contribution in [3.05, 3.63) is 35.9 Å². The number of hydrogen-bond acceptors (Lipinski definition) is 3. The average molecular weight is 304 g/mol. The van der Waals surface area contributed by atoms with E-state index in [1.54, 1.807) is 13.0 Å². The van der Waals surface area contributed by atoms with Gasteiger partial charge in [-0.1, -0.05) is 45.2 Å². The summed E-state index contributed by atoms with van der Waals surface area (Å²) in [4.78, 5) is 11.2. The van der Waals surface area contributed by atoms with Gasteiger partial charge in [-0.15, -0.1) is 0 Å². The summed E-state index contributed by atoms with van der Waals surface area (Å²) in [7, 11) is 0. The molecule has 0 saturated carbocycles. The maximum absolute atomic E-state index is 11.2. The van der Waals surface area contributed by atoms with Gasteiger partial charge in [0.25, 0.3) is 0 Å². The Morgan fingerprint density at radius 1 is 1.18 bits per heavy atom. The summed E-state index contributed by atoms with van der Waals surface area (Å²) in [6.45, 7) is 7.39. The van der Waals surface area contributed by atoms with Crippen LogP contribution in [0.1, 0.15) is 52.0 Å². The normalized spacial score (nSPS) is 12.3. The van der Waals surface area contributed by atoms with Crippen molar-refractivity contribution in [3.8, 4) is 5.75 Å². The molecule has 0 aliphatic heterocycles. The Hall–Kier alpha value is -1.77. The maximum atomic E-state index is 11.2. The molecule has 0 amide bonds. The van der Waals surface area contributed by atoms with Crippen LogP contribution >= 0.6 is 0 Å². The Morgan fingerprint density at radius 3 is 2.50 bits per heavy atom. The molecule has 0 fully saturated rings. The quantitative estimate of drug-likeness (QED) is 0.457. The van der Waals surface area contributed by atoms with Gasteiger partial charge in [0.1, 0.15) is 5.75 Å². The third-order valence-corrected chi connectivity index (χ3v) is 3.61. The summed E-state index contributed by atoms with van der Waals surface area (Å²) < 4.78 is 10.7. The predicted octanol–water partition coefficient (Wildman–Crippen LogP) is 4.86. The van der Waals surface area contributed by atoms with Gasteiger partial charge < -0.3 is 9.47 Å². The van der Waals surface area contributed by atoms with Crippen molar-refractivity contribution >= 4 is 12.0 Å². The van der Waals surface area contributed by atoms with Crippen LogP contribution in [0.25, 0.3) is 6.08 Å². The number of carbonyl (C=O) groups excluding carboxylic acids is 1. The van der Waals surface area contributed by atoms with E-state index in [4.69, 9.17) is 9.47 Å². The second kappa shape index (κ2) is 10.9. The zero-order valence-corrected chi connectivity index (χ0v) is 14.0. The third-order valence-electron chi connectivity index (χ3n) is 3.61. The van der Waals surface area contributed by atoms with Crippen LogP contribution < -0.4 is 4.74 Å². The van der Waals surface area contributed by atoms with E-state index >= 15 is 0 Å². The van der Waals surface area contributed by atoms with Crippen LogP contribution in [-0.2, 0) is 9.53 Å². The SMILES string of the molecule is CCCCC(CC)COc1ccc(C=CC(=O)OCC)cc1. The molecule has 122 valence electrons. The lowest BCUT2D eigenvalue weighted by molar-refractivity contribution is -0.137. The monoisotopic (exact) mass is 304 g/mol. The Balaban J connectivity index is 2.45. The first-order valence-electron chi connectivity index (χ1n) is 8.27. The number of unbranched alkanes of at least 4 members (excludes halogenated alkanes) is 1. The molecule has 1 aromatic rings. The maximum Gasteiger partial charge on any atom is 0.330 e. The molecule has 0 aromatic heterocycles. The summed E-state index contributed by atoms with van der Waals surface area (Å²) in [5.74, 6) is 1.19. The number of esters is 1. The molecule has 0 heterocycles. The second-order valence-corrected chi connectivity index (χ2v) is 5.38. The molecule has 0 bridgehead atoms. The number of benzene rings is 1. The fourth-order valence-corrected chi connectivity index (χ4v) is 2.14. The number of rotatable bonds is 10. The zero-order chi connectivity index (χ0) is 16.2. The van der Waals surface area contributed by atoms with Gasteiger partial charge in [0.15, 0.2) is 0 Å². The topological polar surface area (TPSA) is 35.5 Å². The molecule has 1 unspecified atom stereocenters. The predicted molar refractivity (Wildman–Crippen MR) is 90.9 cm³/mol. The van der Waals surface area contributed by atoms with Crippen molar-refractivity contribution in [1.82, 2.24) is 0 Å². The molecule has 3 nitrogen and oxygen atoms in total. The van der Waals surface area contributed by atoms with E-state index in [9.17, 15) is 4.79 Å². The van der Waals surface area contributed by atoms with Gasteiger partial charge in [0.2, 0.25) is 0 Å². The van der Waals surface area contributed by atoms with E-state index in [-0.39, 0.29) is 5.97 Å². The minimum absolute atomic E-state index is 0.315. The minimum atomic E-state index is -0.315. The Bertz CT molecular complexity index is 448. The summed E-state index contributed by atoms with van der Waals surface area (Å²) in [6, 6.07) is 7.77. The Kier molecular flexibility index (Phi) is 9.04. The fourth-order valence-electron chi connectivity index (χ4n) is 2.14. The van der Waals surface area contributed by atoms with Gasteiger partial charge in [-0.25, -0.2) is 4.79 Å². The van der Waals surface area contributed by atoms with Crippen molar-refractivity contribution in [2.24, 2.45) is 5.92 Å². The molecule has 0 aliphatic rings. The molecular formula is C19H28O3. The largest absolute Gasteiger partial charge is 0.493 e. The van der Waals surface area contributed by atoms with Crippen LogP contribution in [0.15, 0.2) is 30.3 Å². The fraction of sp³-hybridized carbons (Fsp3) is 0.526. The van der Waals surface area contributed by atoms with E-state index in [1.807, 2.05) is 24.3 Å². The van der Waals surface area contributed by atoms with Crippen LogP contribution in [-0.4, -0.2) is 19.2 Å². The van der Waals surface area contributed by atoms with Crippen molar-refractivity contribution < 1.29 is 14.3 Å². The molecule has 22 heavy (non-hydrogen) atoms. The van der Waals surface area contributed by atoms with E-state index in [0.717, 1.165) is 24.3 Å². The summed E-state index contributed by atoms with van der Waals surface area (Å²) in [5.41, 5.74) is 0.957. The third kappa shape index (κ3) is 7.30. The molecule has 3 heteroatoms. The van der Waals surface area contributed by atoms with E-state index < -0.39 is 0 Å². The molecule has 1 aromatic carbocycles. The van der Waals surface area contributed by atoms with Gasteiger partial charge in [0.05, 0.1) is 13.2 Å². The highest BCUT2D eigenvalue weighted by atomic mass is 16.5. The molecular weight excluding hydrogens is 276 g/mol. The highest BCUT2D eigenvalue weighted by molar-refractivity contribution is 5.87. The van der Waals surface area contributed by atoms with Gasteiger partial charge in [-0.2, -0.15) is 0 Å². The lowest BCUT2D eigenvalue weighted by Gasteiger charge is -2.15. The van der Waals surface area contributed by atoms with Crippen LogP contribution in [0.3, 0.4) is 0 Å². The van der Waals surface area contributed by atoms with E-state index in [2.05, 4.69) is 13.8 Å². The second-order valence-electron chi connectivity index (χ2n) is 5.38. The summed E-state index contributed by atoms with van der Waals surface area (Å²) in [6.07, 6.45) is 8.07. The highest BCUT2D eigenvalue weighted by Crippen LogP contribution is 2.17. The Labute approximate surface area is 134 Å². The van der Waals surface area contributed by atoms with E-state index in [1.165, 1.54) is 25.3 Å². The van der Waals surface area contributed by atoms with Crippen LogP contribution in [0, 0.1) is 5.92 Å². The lowest BCUT2D eigenvalue weighted by atomic mass is 10.0. The van der Waals surface area contributed by atoms with Crippen LogP contribution in [0.5, 0.6) is 5.75 Å². The average Bonchev–Trinajstić information content (AvgIpc) is 2.54. The molecule has 0 N–H and O–H groups in total. The summed E-state index contributed by atoms with van der Waals surface area (Å²) >= 11 is 0. The molecule has 1 rings (SSSR count). The first-order valence-corrected chi connectivity index (χ1v) is 8.27. The number of ether oxygens (including phenoxy) is 2. The van der Waals surface area contributed by atoms with Gasteiger partial charge in [-0.3, -0.25) is 0 Å². The molecule has 1 atom stereocenters. The molecule has 0 aliphatic carbocycles. The molecule has 0 saturated heterocycles.